The van der Waals surface area contributed by atoms with E-state index in [1.165, 1.54) is 11.3 Å². The van der Waals surface area contributed by atoms with E-state index in [1.807, 2.05) is 6.07 Å². The van der Waals surface area contributed by atoms with E-state index in [-0.39, 0.29) is 6.42 Å². The summed E-state index contributed by atoms with van der Waals surface area (Å²) in [6, 6.07) is 0.782. The van der Waals surface area contributed by atoms with Gasteiger partial charge in [-0.2, -0.15) is 0 Å². The number of carbonyl (C=O) groups is 2. The first-order chi connectivity index (χ1) is 9.08. The largest absolute Gasteiger partial charge is 0.480 e. The zero-order valence-corrected chi connectivity index (χ0v) is 15.2. The van der Waals surface area contributed by atoms with Gasteiger partial charge in [0.15, 0.2) is 0 Å². The minimum atomic E-state index is -1.11. The lowest BCUT2D eigenvalue weighted by atomic mass is 10.1. The lowest BCUT2D eigenvalue weighted by Crippen LogP contribution is -2.44. The molecule has 112 valence electrons. The van der Waals surface area contributed by atoms with Crippen molar-refractivity contribution in [2.45, 2.75) is 38.8 Å². The second kappa shape index (κ2) is 6.91. The number of ether oxygens (including phenoxy) is 1. The third-order valence-corrected chi connectivity index (χ3v) is 4.60. The summed E-state index contributed by atoms with van der Waals surface area (Å²) in [5, 5.41) is 11.6. The van der Waals surface area contributed by atoms with Crippen molar-refractivity contribution in [3.05, 3.63) is 19.2 Å². The molecule has 5 nitrogen and oxygen atoms in total. The minimum absolute atomic E-state index is 0.178. The molecular weight excluding hydrogens is 414 g/mol. The Labute approximate surface area is 138 Å². The van der Waals surface area contributed by atoms with Crippen LogP contribution in [0, 0.1) is 0 Å². The van der Waals surface area contributed by atoms with E-state index in [9.17, 15) is 14.7 Å². The van der Waals surface area contributed by atoms with Gasteiger partial charge in [-0.1, -0.05) is 0 Å². The fourth-order valence-corrected chi connectivity index (χ4v) is 4.24. The van der Waals surface area contributed by atoms with Crippen molar-refractivity contribution in [3.8, 4) is 0 Å². The Morgan fingerprint density at radius 2 is 2.05 bits per heavy atom. The van der Waals surface area contributed by atoms with Crippen LogP contribution in [0.3, 0.4) is 0 Å². The van der Waals surface area contributed by atoms with E-state index in [0.29, 0.717) is 0 Å². The second-order valence-electron chi connectivity index (χ2n) is 5.09. The molecule has 0 aliphatic carbocycles. The first-order valence-corrected chi connectivity index (χ1v) is 8.15. The van der Waals surface area contributed by atoms with Crippen molar-refractivity contribution in [2.75, 3.05) is 0 Å². The Kier molecular flexibility index (Phi) is 6.03. The summed E-state index contributed by atoms with van der Waals surface area (Å²) >= 11 is 8.14. The molecule has 8 heteroatoms. The van der Waals surface area contributed by atoms with E-state index in [0.717, 1.165) is 13.1 Å². The molecule has 0 radical (unpaired) electrons. The predicted molar refractivity (Wildman–Crippen MR) is 84.2 cm³/mol. The molecule has 0 aliphatic heterocycles. The molecular formula is C12H15Br2NO4S. The van der Waals surface area contributed by atoms with Gasteiger partial charge < -0.3 is 15.2 Å². The fraction of sp³-hybridized carbons (Fsp3) is 0.500. The molecule has 1 atom stereocenters. The van der Waals surface area contributed by atoms with Crippen molar-refractivity contribution < 1.29 is 19.4 Å². The third-order valence-electron chi connectivity index (χ3n) is 2.14. The van der Waals surface area contributed by atoms with E-state index in [4.69, 9.17) is 4.74 Å². The molecule has 2 N–H and O–H groups in total. The second-order valence-corrected chi connectivity index (χ2v) is 8.84. The van der Waals surface area contributed by atoms with E-state index < -0.39 is 23.7 Å². The smallest absolute Gasteiger partial charge is 0.408 e. The van der Waals surface area contributed by atoms with Gasteiger partial charge in [0.2, 0.25) is 0 Å². The van der Waals surface area contributed by atoms with E-state index in [1.54, 1.807) is 20.8 Å². The van der Waals surface area contributed by atoms with Crippen molar-refractivity contribution >= 4 is 55.3 Å². The number of thiophene rings is 1. The lowest BCUT2D eigenvalue weighted by molar-refractivity contribution is -0.139. The molecule has 1 aromatic rings. The van der Waals surface area contributed by atoms with Crippen LogP contribution >= 0.6 is 43.2 Å². The van der Waals surface area contributed by atoms with Gasteiger partial charge in [-0.25, -0.2) is 9.59 Å². The van der Waals surface area contributed by atoms with Crippen LogP contribution < -0.4 is 5.32 Å². The lowest BCUT2D eigenvalue weighted by Gasteiger charge is -2.21. The summed E-state index contributed by atoms with van der Waals surface area (Å²) in [5.74, 6) is -1.11. The minimum Gasteiger partial charge on any atom is -0.480 e. The van der Waals surface area contributed by atoms with Crippen LogP contribution in [0.4, 0.5) is 4.79 Å². The maximum atomic E-state index is 11.6. The van der Waals surface area contributed by atoms with Crippen LogP contribution in [0.2, 0.25) is 0 Å². The van der Waals surface area contributed by atoms with E-state index in [2.05, 4.69) is 37.2 Å². The summed E-state index contributed by atoms with van der Waals surface area (Å²) < 4.78 is 6.78. The van der Waals surface area contributed by atoms with Crippen molar-refractivity contribution in [2.24, 2.45) is 0 Å². The molecule has 20 heavy (non-hydrogen) atoms. The SMILES string of the molecule is CC(C)(C)OC(=O)NC(Cc1cc(Br)sc1Br)C(=O)O. The van der Waals surface area contributed by atoms with E-state index >= 15 is 0 Å². The predicted octanol–water partition coefficient (Wildman–Crippen LogP) is 3.79. The molecule has 0 spiro atoms. The first kappa shape index (κ1) is 17.5. The van der Waals surface area contributed by atoms with Gasteiger partial charge in [-0.05, 0) is 64.3 Å². The topological polar surface area (TPSA) is 75.6 Å². The fourth-order valence-electron chi connectivity index (χ4n) is 1.38. The molecule has 0 bridgehead atoms. The van der Waals surface area contributed by atoms with Gasteiger partial charge in [-0.15, -0.1) is 11.3 Å². The Morgan fingerprint density at radius 1 is 1.45 bits per heavy atom. The number of amides is 1. The van der Waals surface area contributed by atoms with Crippen LogP contribution in [0.1, 0.15) is 26.3 Å². The molecule has 0 fully saturated rings. The highest BCUT2D eigenvalue weighted by molar-refractivity contribution is 9.12. The first-order valence-electron chi connectivity index (χ1n) is 5.74. The van der Waals surface area contributed by atoms with Crippen molar-refractivity contribution in [1.82, 2.24) is 5.32 Å². The average Bonchev–Trinajstić information content (AvgIpc) is 2.53. The molecule has 0 saturated heterocycles. The summed E-state index contributed by atoms with van der Waals surface area (Å²) in [5.41, 5.74) is 0.143. The maximum Gasteiger partial charge on any atom is 0.408 e. The Hall–Kier alpha value is -0.600. The van der Waals surface area contributed by atoms with Crippen LogP contribution in [0.15, 0.2) is 13.6 Å². The zero-order chi connectivity index (χ0) is 15.5. The van der Waals surface area contributed by atoms with Crippen LogP contribution in [0.25, 0.3) is 0 Å². The van der Waals surface area contributed by atoms with Crippen molar-refractivity contribution in [1.29, 1.82) is 0 Å². The quantitative estimate of drug-likeness (QED) is 0.764. The highest BCUT2D eigenvalue weighted by Crippen LogP contribution is 2.32. The molecule has 1 aromatic heterocycles. The summed E-state index contributed by atoms with van der Waals surface area (Å²) in [6.07, 6.45) is -0.563. The normalized spacial score (nSPS) is 12.8. The molecule has 1 rings (SSSR count). The molecule has 0 aromatic carbocycles. The number of carbonyl (C=O) groups excluding carboxylic acids is 1. The Bertz CT molecular complexity index is 510. The average molecular weight is 429 g/mol. The number of hydrogen-bond acceptors (Lipinski definition) is 4. The highest BCUT2D eigenvalue weighted by atomic mass is 79.9. The summed E-state index contributed by atoms with van der Waals surface area (Å²) in [4.78, 5) is 22.9. The Morgan fingerprint density at radius 3 is 2.45 bits per heavy atom. The number of aliphatic carboxylic acids is 1. The van der Waals surface area contributed by atoms with Gasteiger partial charge in [-0.3, -0.25) is 0 Å². The molecule has 0 aliphatic rings. The number of nitrogens with one attached hydrogen (secondary N) is 1. The van der Waals surface area contributed by atoms with Gasteiger partial charge in [0, 0.05) is 6.42 Å². The third kappa shape index (κ3) is 5.80. The molecule has 1 unspecified atom stereocenters. The monoisotopic (exact) mass is 427 g/mol. The number of halogens is 2. The van der Waals surface area contributed by atoms with Crippen molar-refractivity contribution in [3.63, 3.8) is 0 Å². The number of rotatable bonds is 4. The number of carboxylic acid groups (broad SMARTS) is 1. The van der Waals surface area contributed by atoms with Gasteiger partial charge in [0.05, 0.1) is 7.57 Å². The zero-order valence-electron chi connectivity index (χ0n) is 11.2. The molecule has 1 amide bonds. The highest BCUT2D eigenvalue weighted by Gasteiger charge is 2.25. The van der Waals surface area contributed by atoms with Gasteiger partial charge >= 0.3 is 12.1 Å². The van der Waals surface area contributed by atoms with Crippen LogP contribution in [-0.4, -0.2) is 28.8 Å². The summed E-state index contributed by atoms with van der Waals surface area (Å²) in [7, 11) is 0. The summed E-state index contributed by atoms with van der Waals surface area (Å²) in [6.45, 7) is 5.15. The standard InChI is InChI=1S/C12H15Br2NO4S/c1-12(2,3)19-11(18)15-7(10(16)17)4-6-5-8(13)20-9(6)14/h5,7H,4H2,1-3H3,(H,15,18)(H,16,17). The maximum absolute atomic E-state index is 11.6. The number of alkyl carbamates (subject to hydrolysis) is 1. The number of carboxylic acids is 1. The van der Waals surface area contributed by atoms with Crippen LogP contribution in [-0.2, 0) is 16.0 Å². The van der Waals surface area contributed by atoms with Gasteiger partial charge in [0.25, 0.3) is 0 Å². The van der Waals surface area contributed by atoms with Crippen LogP contribution in [0.5, 0.6) is 0 Å². The van der Waals surface area contributed by atoms with Gasteiger partial charge in [0.1, 0.15) is 11.6 Å². The Balaban J connectivity index is 2.73. The molecule has 1 heterocycles. The number of hydrogen-bond donors (Lipinski definition) is 2. The molecule has 0 saturated carbocycles.